The molecule has 0 heterocycles. The van der Waals surface area contributed by atoms with Crippen molar-refractivity contribution in [2.45, 2.75) is 32.0 Å². The lowest BCUT2D eigenvalue weighted by Gasteiger charge is -2.13. The Kier molecular flexibility index (Phi) is 2.55. The van der Waals surface area contributed by atoms with E-state index in [4.69, 9.17) is 0 Å². The summed E-state index contributed by atoms with van der Waals surface area (Å²) in [7, 11) is -1.57. The van der Waals surface area contributed by atoms with E-state index in [0.29, 0.717) is 17.2 Å². The summed E-state index contributed by atoms with van der Waals surface area (Å²) in [6, 6.07) is 10.4. The van der Waals surface area contributed by atoms with Crippen LogP contribution in [0.1, 0.15) is 17.9 Å². The second-order valence-electron chi connectivity index (χ2n) is 5.47. The largest absolute Gasteiger partial charge is 0.305 e. The summed E-state index contributed by atoms with van der Waals surface area (Å²) in [5.41, 5.74) is 1.34. The fourth-order valence-electron chi connectivity index (χ4n) is 2.11. The number of carbonyl (C=O) groups excluding carboxylic acids is 1. The van der Waals surface area contributed by atoms with E-state index in [0.717, 1.165) is 6.42 Å². The molecular weight excluding hydrogens is 200 g/mol. The Bertz CT molecular complexity index is 364. The third-order valence-electron chi connectivity index (χ3n) is 3.09. The normalized spacial score (nSPS) is 25.0. The molecule has 1 nitrogen and oxygen atoms in total. The summed E-state index contributed by atoms with van der Waals surface area (Å²) in [4.78, 5) is 12.1. The molecule has 2 unspecified atom stereocenters. The first-order chi connectivity index (χ1) is 7.00. The van der Waals surface area contributed by atoms with E-state index < -0.39 is 8.07 Å². The highest BCUT2D eigenvalue weighted by Crippen LogP contribution is 2.49. The van der Waals surface area contributed by atoms with Crippen molar-refractivity contribution in [1.29, 1.82) is 0 Å². The molecule has 0 aliphatic heterocycles. The Morgan fingerprint density at radius 2 is 1.80 bits per heavy atom. The van der Waals surface area contributed by atoms with Gasteiger partial charge in [-0.05, 0) is 17.9 Å². The summed E-state index contributed by atoms with van der Waals surface area (Å²) in [5, 5.41) is 0.552. The van der Waals surface area contributed by atoms with E-state index in [9.17, 15) is 4.79 Å². The summed E-state index contributed by atoms with van der Waals surface area (Å²) < 4.78 is 0. The fourth-order valence-corrected chi connectivity index (χ4v) is 3.54. The van der Waals surface area contributed by atoms with Crippen molar-refractivity contribution in [3.8, 4) is 0 Å². The van der Waals surface area contributed by atoms with Crippen LogP contribution in [0.25, 0.3) is 0 Å². The maximum atomic E-state index is 12.1. The Labute approximate surface area is 92.5 Å². The van der Waals surface area contributed by atoms with Crippen LogP contribution in [0.3, 0.4) is 0 Å². The monoisotopic (exact) mass is 218 g/mol. The highest BCUT2D eigenvalue weighted by Gasteiger charge is 2.47. The zero-order chi connectivity index (χ0) is 11.1. The zero-order valence-electron chi connectivity index (χ0n) is 9.66. The quantitative estimate of drug-likeness (QED) is 0.712. The van der Waals surface area contributed by atoms with Crippen LogP contribution in [0, 0.1) is 5.92 Å². The van der Waals surface area contributed by atoms with Gasteiger partial charge in [0, 0.05) is 5.92 Å². The van der Waals surface area contributed by atoms with Gasteiger partial charge in [0.25, 0.3) is 0 Å². The molecular formula is C13H18OSi. The highest BCUT2D eigenvalue weighted by atomic mass is 28.3. The first kappa shape index (κ1) is 10.6. The number of carbonyl (C=O) groups is 1. The Morgan fingerprint density at radius 1 is 1.20 bits per heavy atom. The van der Waals surface area contributed by atoms with Gasteiger partial charge >= 0.3 is 0 Å². The third kappa shape index (κ3) is 2.20. The molecule has 80 valence electrons. The van der Waals surface area contributed by atoms with Crippen LogP contribution >= 0.6 is 0 Å². The second kappa shape index (κ2) is 3.60. The van der Waals surface area contributed by atoms with Crippen LogP contribution in [0.15, 0.2) is 30.3 Å². The molecule has 0 N–H and O–H groups in total. The number of hydrogen-bond acceptors (Lipinski definition) is 1. The Morgan fingerprint density at radius 3 is 2.33 bits per heavy atom. The van der Waals surface area contributed by atoms with Gasteiger partial charge < -0.3 is 4.79 Å². The number of hydrogen-bond donors (Lipinski definition) is 0. The maximum absolute atomic E-state index is 12.1. The highest BCUT2D eigenvalue weighted by molar-refractivity contribution is 7.03. The van der Waals surface area contributed by atoms with E-state index in [2.05, 4.69) is 43.9 Å². The van der Waals surface area contributed by atoms with Crippen LogP contribution in [0.2, 0.25) is 19.6 Å². The van der Waals surface area contributed by atoms with E-state index in [-0.39, 0.29) is 0 Å². The lowest BCUT2D eigenvalue weighted by Crippen LogP contribution is -2.35. The van der Waals surface area contributed by atoms with Crippen molar-refractivity contribution in [2.75, 3.05) is 0 Å². The van der Waals surface area contributed by atoms with Gasteiger partial charge in [0.2, 0.25) is 0 Å². The van der Waals surface area contributed by atoms with E-state index in [1.165, 1.54) is 5.56 Å². The van der Waals surface area contributed by atoms with Gasteiger partial charge in [0.05, 0.1) is 0 Å². The topological polar surface area (TPSA) is 17.1 Å². The van der Waals surface area contributed by atoms with E-state index in [1.54, 1.807) is 0 Å². The molecule has 0 amide bonds. The van der Waals surface area contributed by atoms with Crippen molar-refractivity contribution in [3.63, 3.8) is 0 Å². The molecule has 0 bridgehead atoms. The fraction of sp³-hybridized carbons (Fsp3) is 0.462. The molecule has 1 aromatic carbocycles. The van der Waals surface area contributed by atoms with Gasteiger partial charge in [-0.2, -0.15) is 0 Å². The van der Waals surface area contributed by atoms with Gasteiger partial charge in [-0.3, -0.25) is 0 Å². The first-order valence-electron chi connectivity index (χ1n) is 5.59. The predicted octanol–water partition coefficient (Wildman–Crippen LogP) is 3.24. The minimum absolute atomic E-state index is 0.332. The van der Waals surface area contributed by atoms with Crippen LogP contribution in [-0.2, 0) is 4.79 Å². The van der Waals surface area contributed by atoms with Crippen LogP contribution in [-0.4, -0.2) is 13.5 Å². The molecule has 15 heavy (non-hydrogen) atoms. The first-order valence-corrected chi connectivity index (χ1v) is 9.09. The minimum Gasteiger partial charge on any atom is -0.305 e. The Hall–Kier alpha value is -0.893. The Balaban J connectivity index is 2.06. The van der Waals surface area contributed by atoms with Crippen molar-refractivity contribution >= 4 is 13.5 Å². The molecule has 0 saturated heterocycles. The third-order valence-corrected chi connectivity index (χ3v) is 4.94. The molecule has 1 aliphatic rings. The summed E-state index contributed by atoms with van der Waals surface area (Å²) >= 11 is 0. The molecule has 2 rings (SSSR count). The molecule has 2 heteroatoms. The van der Waals surface area contributed by atoms with Crippen LogP contribution < -0.4 is 0 Å². The number of benzene rings is 1. The van der Waals surface area contributed by atoms with Crippen LogP contribution in [0.4, 0.5) is 0 Å². The molecule has 0 aromatic heterocycles. The van der Waals surface area contributed by atoms with E-state index in [1.807, 2.05) is 6.07 Å². The second-order valence-corrected chi connectivity index (χ2v) is 10.5. The van der Waals surface area contributed by atoms with Crippen LogP contribution in [0.5, 0.6) is 0 Å². The molecule has 0 radical (unpaired) electrons. The van der Waals surface area contributed by atoms with E-state index >= 15 is 0 Å². The van der Waals surface area contributed by atoms with Crippen molar-refractivity contribution in [3.05, 3.63) is 35.9 Å². The summed E-state index contributed by atoms with van der Waals surface area (Å²) in [5.74, 6) is 0.851. The zero-order valence-corrected chi connectivity index (χ0v) is 10.7. The lowest BCUT2D eigenvalue weighted by molar-refractivity contribution is -0.113. The standard InChI is InChI=1S/C13H18OSi/c1-15(2,3)13(14)12-9-11(12)10-7-5-4-6-8-10/h4-8,11-12H,9H2,1-3H3. The van der Waals surface area contributed by atoms with Gasteiger partial charge in [-0.15, -0.1) is 0 Å². The molecule has 2 atom stereocenters. The molecule has 1 saturated carbocycles. The average molecular weight is 218 g/mol. The van der Waals surface area contributed by atoms with Crippen molar-refractivity contribution < 1.29 is 4.79 Å². The maximum Gasteiger partial charge on any atom is 0.124 e. The van der Waals surface area contributed by atoms with Gasteiger partial charge in [-0.1, -0.05) is 50.0 Å². The molecule has 0 spiro atoms. The molecule has 1 aliphatic carbocycles. The smallest absolute Gasteiger partial charge is 0.124 e. The predicted molar refractivity (Wildman–Crippen MR) is 65.6 cm³/mol. The SMILES string of the molecule is C[Si](C)(C)C(=O)C1CC1c1ccccc1. The van der Waals surface area contributed by atoms with Gasteiger partial charge in [-0.25, -0.2) is 0 Å². The van der Waals surface area contributed by atoms with Crippen molar-refractivity contribution in [1.82, 2.24) is 0 Å². The minimum atomic E-state index is -1.57. The van der Waals surface area contributed by atoms with Crippen molar-refractivity contribution in [2.24, 2.45) is 5.92 Å². The van der Waals surface area contributed by atoms with Gasteiger partial charge in [0.1, 0.15) is 13.5 Å². The van der Waals surface area contributed by atoms with Gasteiger partial charge in [0.15, 0.2) is 0 Å². The lowest BCUT2D eigenvalue weighted by atomic mass is 10.1. The molecule has 1 aromatic rings. The average Bonchev–Trinajstić information content (AvgIpc) is 2.96. The summed E-state index contributed by atoms with van der Waals surface area (Å²) in [6.07, 6.45) is 1.08. The molecule has 1 fully saturated rings. The number of rotatable bonds is 3. The summed E-state index contributed by atoms with van der Waals surface area (Å²) in [6.45, 7) is 6.45.